The van der Waals surface area contributed by atoms with Crippen LogP contribution < -0.4 is 5.32 Å². The highest BCUT2D eigenvalue weighted by atomic mass is 32.2. The number of nitrogens with one attached hydrogen (secondary N) is 1. The van der Waals surface area contributed by atoms with E-state index < -0.39 is 0 Å². The minimum atomic E-state index is -0.140. The second-order valence-electron chi connectivity index (χ2n) is 6.38. The molecule has 136 valence electrons. The van der Waals surface area contributed by atoms with Crippen LogP contribution in [-0.4, -0.2) is 40.4 Å². The van der Waals surface area contributed by atoms with Gasteiger partial charge in [-0.1, -0.05) is 29.1 Å². The highest BCUT2D eigenvalue weighted by Crippen LogP contribution is 2.40. The smallest absolute Gasteiger partial charge is 0.317 e. The number of aromatic nitrogens is 2. The molecule has 1 fully saturated rings. The molecule has 3 aromatic rings. The number of hydrogen-bond donors (Lipinski definition) is 1. The summed E-state index contributed by atoms with van der Waals surface area (Å²) in [5, 5.41) is 7.54. The van der Waals surface area contributed by atoms with E-state index in [9.17, 15) is 4.79 Å². The fraction of sp³-hybridized carbons (Fsp3) is 0.389. The maximum absolute atomic E-state index is 12.2. The van der Waals surface area contributed by atoms with Gasteiger partial charge in [-0.2, -0.15) is 0 Å². The van der Waals surface area contributed by atoms with Crippen LogP contribution in [0.25, 0.3) is 11.1 Å². The van der Waals surface area contributed by atoms with Crippen molar-refractivity contribution in [2.75, 3.05) is 19.3 Å². The molecule has 2 heterocycles. The molecule has 8 heteroatoms. The standard InChI is InChI=1S/C18H20N4O3S/c1-22(11-13-10-16(25-21-13)12-6-7-12)17(23)19-8-9-26-18-20-14-4-2-3-5-15(14)24-18/h2-5,10,12H,6-9,11H2,1H3,(H,19,23). The average molecular weight is 372 g/mol. The Hall–Kier alpha value is -2.48. The normalized spacial score (nSPS) is 13.9. The van der Waals surface area contributed by atoms with Crippen molar-refractivity contribution >= 4 is 28.9 Å². The lowest BCUT2D eigenvalue weighted by Crippen LogP contribution is -2.37. The number of benzene rings is 1. The number of hydrogen-bond acceptors (Lipinski definition) is 6. The van der Waals surface area contributed by atoms with Gasteiger partial charge in [0.2, 0.25) is 0 Å². The van der Waals surface area contributed by atoms with Crippen LogP contribution in [0.15, 0.2) is 44.5 Å². The van der Waals surface area contributed by atoms with Crippen molar-refractivity contribution in [2.45, 2.75) is 30.5 Å². The van der Waals surface area contributed by atoms with Crippen LogP contribution in [0.4, 0.5) is 4.79 Å². The summed E-state index contributed by atoms with van der Waals surface area (Å²) in [5.41, 5.74) is 2.40. The van der Waals surface area contributed by atoms with Crippen LogP contribution in [0.2, 0.25) is 0 Å². The van der Waals surface area contributed by atoms with Gasteiger partial charge in [0.1, 0.15) is 17.0 Å². The molecule has 1 aliphatic rings. The largest absolute Gasteiger partial charge is 0.431 e. The first-order valence-electron chi connectivity index (χ1n) is 8.62. The number of rotatable bonds is 7. The number of carbonyl (C=O) groups excluding carboxylic acids is 1. The van der Waals surface area contributed by atoms with Crippen molar-refractivity contribution in [3.05, 3.63) is 41.8 Å². The van der Waals surface area contributed by atoms with Gasteiger partial charge >= 0.3 is 6.03 Å². The second-order valence-corrected chi connectivity index (χ2v) is 7.43. The molecule has 1 aliphatic carbocycles. The summed E-state index contributed by atoms with van der Waals surface area (Å²) in [4.78, 5) is 18.2. The molecule has 0 saturated heterocycles. The van der Waals surface area contributed by atoms with Crippen molar-refractivity contribution in [3.63, 3.8) is 0 Å². The average Bonchev–Trinajstić information content (AvgIpc) is 3.24. The Bertz CT molecular complexity index is 870. The van der Waals surface area contributed by atoms with E-state index in [0.29, 0.717) is 30.0 Å². The van der Waals surface area contributed by atoms with E-state index in [2.05, 4.69) is 15.5 Å². The first kappa shape index (κ1) is 17.0. The number of urea groups is 1. The Labute approximate surface area is 155 Å². The lowest BCUT2D eigenvalue weighted by atomic mass is 10.3. The molecular weight excluding hydrogens is 352 g/mol. The molecule has 0 radical (unpaired) electrons. The van der Waals surface area contributed by atoms with E-state index in [4.69, 9.17) is 8.94 Å². The van der Waals surface area contributed by atoms with Crippen molar-refractivity contribution in [1.29, 1.82) is 0 Å². The molecule has 1 N–H and O–H groups in total. The zero-order chi connectivity index (χ0) is 17.9. The van der Waals surface area contributed by atoms with Gasteiger partial charge in [0.15, 0.2) is 5.58 Å². The molecule has 0 spiro atoms. The summed E-state index contributed by atoms with van der Waals surface area (Å²) in [6, 6.07) is 9.46. The number of fused-ring (bicyclic) bond motifs is 1. The third kappa shape index (κ3) is 4.01. The quantitative estimate of drug-likeness (QED) is 0.504. The number of nitrogens with zero attached hydrogens (tertiary/aromatic N) is 3. The lowest BCUT2D eigenvalue weighted by Gasteiger charge is -2.16. The number of thioether (sulfide) groups is 1. The molecule has 0 unspecified atom stereocenters. The van der Waals surface area contributed by atoms with Crippen molar-refractivity contribution in [3.8, 4) is 0 Å². The number of carbonyl (C=O) groups is 1. The van der Waals surface area contributed by atoms with Gasteiger partial charge in [-0.3, -0.25) is 0 Å². The molecular formula is C18H20N4O3S. The predicted molar refractivity (Wildman–Crippen MR) is 98.1 cm³/mol. The summed E-state index contributed by atoms with van der Waals surface area (Å²) >= 11 is 1.48. The van der Waals surface area contributed by atoms with Gasteiger partial charge in [-0.15, -0.1) is 0 Å². The fourth-order valence-electron chi connectivity index (χ4n) is 2.62. The third-order valence-corrected chi connectivity index (χ3v) is 5.01. The summed E-state index contributed by atoms with van der Waals surface area (Å²) in [6.07, 6.45) is 2.34. The minimum Gasteiger partial charge on any atom is -0.431 e. The predicted octanol–water partition coefficient (Wildman–Crippen LogP) is 3.63. The maximum atomic E-state index is 12.2. The lowest BCUT2D eigenvalue weighted by molar-refractivity contribution is 0.206. The van der Waals surface area contributed by atoms with Gasteiger partial charge in [-0.25, -0.2) is 9.78 Å². The van der Waals surface area contributed by atoms with E-state index in [-0.39, 0.29) is 6.03 Å². The Balaban J connectivity index is 1.20. The fourth-order valence-corrected chi connectivity index (χ4v) is 3.31. The van der Waals surface area contributed by atoms with Crippen LogP contribution in [0.1, 0.15) is 30.2 Å². The molecule has 7 nitrogen and oxygen atoms in total. The van der Waals surface area contributed by atoms with Gasteiger partial charge in [0.05, 0.1) is 6.54 Å². The second kappa shape index (κ2) is 7.41. The summed E-state index contributed by atoms with van der Waals surface area (Å²) in [6.45, 7) is 0.957. The Kier molecular flexibility index (Phi) is 4.83. The maximum Gasteiger partial charge on any atom is 0.317 e. The molecule has 0 bridgehead atoms. The molecule has 4 rings (SSSR count). The summed E-state index contributed by atoms with van der Waals surface area (Å²) in [5.74, 6) is 2.14. The zero-order valence-corrected chi connectivity index (χ0v) is 15.3. The molecule has 2 aromatic heterocycles. The van der Waals surface area contributed by atoms with Gasteiger partial charge < -0.3 is 19.2 Å². The van der Waals surface area contributed by atoms with Gasteiger partial charge in [0.25, 0.3) is 5.22 Å². The van der Waals surface area contributed by atoms with E-state index in [1.807, 2.05) is 30.3 Å². The summed E-state index contributed by atoms with van der Waals surface area (Å²) in [7, 11) is 1.74. The Morgan fingerprint density at radius 1 is 1.38 bits per heavy atom. The SMILES string of the molecule is CN(Cc1cc(C2CC2)on1)C(=O)NCCSc1nc2ccccc2o1. The highest BCUT2D eigenvalue weighted by molar-refractivity contribution is 7.99. The first-order valence-corrected chi connectivity index (χ1v) is 9.60. The summed E-state index contributed by atoms with van der Waals surface area (Å²) < 4.78 is 11.0. The number of oxazole rings is 1. The van der Waals surface area contributed by atoms with Crippen molar-refractivity contribution < 1.29 is 13.7 Å². The Morgan fingerprint density at radius 3 is 3.04 bits per heavy atom. The van der Waals surface area contributed by atoms with E-state index >= 15 is 0 Å². The first-order chi connectivity index (χ1) is 12.7. The molecule has 0 aliphatic heterocycles. The molecule has 26 heavy (non-hydrogen) atoms. The van der Waals surface area contributed by atoms with Crippen LogP contribution in [0.3, 0.4) is 0 Å². The van der Waals surface area contributed by atoms with Crippen LogP contribution in [0, 0.1) is 0 Å². The van der Waals surface area contributed by atoms with Crippen molar-refractivity contribution in [2.24, 2.45) is 0 Å². The molecule has 1 saturated carbocycles. The third-order valence-electron chi connectivity index (χ3n) is 4.18. The van der Waals surface area contributed by atoms with Crippen molar-refractivity contribution in [1.82, 2.24) is 20.4 Å². The monoisotopic (exact) mass is 372 g/mol. The van der Waals surface area contributed by atoms with Gasteiger partial charge in [0, 0.05) is 31.3 Å². The zero-order valence-electron chi connectivity index (χ0n) is 14.5. The minimum absolute atomic E-state index is 0.140. The topological polar surface area (TPSA) is 84.4 Å². The van der Waals surface area contributed by atoms with E-state index in [0.717, 1.165) is 22.6 Å². The van der Waals surface area contributed by atoms with Crippen LogP contribution in [-0.2, 0) is 6.54 Å². The molecule has 1 aromatic carbocycles. The number of amides is 2. The highest BCUT2D eigenvalue weighted by Gasteiger charge is 2.28. The number of para-hydroxylation sites is 2. The Morgan fingerprint density at radius 2 is 2.23 bits per heavy atom. The van der Waals surface area contributed by atoms with Gasteiger partial charge in [-0.05, 0) is 25.0 Å². The molecule has 2 amide bonds. The van der Waals surface area contributed by atoms with E-state index in [1.165, 1.54) is 24.6 Å². The van der Waals surface area contributed by atoms with Crippen LogP contribution >= 0.6 is 11.8 Å². The van der Waals surface area contributed by atoms with E-state index in [1.54, 1.807) is 11.9 Å². The molecule has 0 atom stereocenters. The van der Waals surface area contributed by atoms with Crippen LogP contribution in [0.5, 0.6) is 0 Å².